The molecule has 0 bridgehead atoms. The van der Waals surface area contributed by atoms with Crippen molar-refractivity contribution in [3.05, 3.63) is 35.6 Å². The van der Waals surface area contributed by atoms with Crippen molar-refractivity contribution in [2.45, 2.75) is 58.2 Å². The van der Waals surface area contributed by atoms with Crippen molar-refractivity contribution in [2.24, 2.45) is 0 Å². The lowest BCUT2D eigenvalue weighted by Crippen LogP contribution is -2.43. The molecular weight excluding hydrogens is 371 g/mol. The number of ether oxygens (including phenoxy) is 2. The quantitative estimate of drug-likeness (QED) is 0.353. The summed E-state index contributed by atoms with van der Waals surface area (Å²) in [6.07, 6.45) is 0. The van der Waals surface area contributed by atoms with E-state index in [1.807, 2.05) is 18.2 Å². The minimum Gasteiger partial charge on any atom is -0.504 e. The molecule has 0 heterocycles. The molecule has 0 amide bonds. The van der Waals surface area contributed by atoms with Gasteiger partial charge in [-0.2, -0.15) is 4.39 Å². The molecule has 2 aromatic carbocycles. The van der Waals surface area contributed by atoms with Gasteiger partial charge in [0, 0.05) is 18.1 Å². The van der Waals surface area contributed by atoms with Crippen molar-refractivity contribution >= 4 is 18.8 Å². The van der Waals surface area contributed by atoms with Gasteiger partial charge in [-0.05, 0) is 34.1 Å². The van der Waals surface area contributed by atoms with Crippen molar-refractivity contribution in [1.82, 2.24) is 0 Å². The topological polar surface area (TPSA) is 38.7 Å². The summed E-state index contributed by atoms with van der Waals surface area (Å²) in [7, 11) is -0.476. The zero-order valence-electron chi connectivity index (χ0n) is 17.9. The number of rotatable bonds is 6. The summed E-state index contributed by atoms with van der Waals surface area (Å²) in [4.78, 5) is 0. The second kappa shape index (κ2) is 8.98. The molecule has 0 aliphatic rings. The Labute approximate surface area is 168 Å². The maximum Gasteiger partial charge on any atom is 0.207 e. The van der Waals surface area contributed by atoms with Gasteiger partial charge in [0.1, 0.15) is 8.07 Å². The summed E-state index contributed by atoms with van der Waals surface area (Å²) >= 11 is 0. The van der Waals surface area contributed by atoms with E-state index < -0.39 is 19.6 Å². The average Bonchev–Trinajstić information content (AvgIpc) is 2.63. The molecule has 5 heteroatoms. The zero-order chi connectivity index (χ0) is 21.1. The Morgan fingerprint density at radius 3 is 2.21 bits per heavy atom. The van der Waals surface area contributed by atoms with Crippen LogP contribution >= 0.6 is 0 Å². The van der Waals surface area contributed by atoms with Gasteiger partial charge in [0.25, 0.3) is 0 Å². The summed E-state index contributed by atoms with van der Waals surface area (Å²) in [5, 5.41) is 11.6. The minimum atomic E-state index is -1.93. The molecular formula is C23H31FO3Si. The van der Waals surface area contributed by atoms with Crippen molar-refractivity contribution < 1.29 is 19.0 Å². The molecule has 1 N–H and O–H groups in total. The lowest BCUT2D eigenvalue weighted by atomic mass is 10.0. The molecule has 28 heavy (non-hydrogen) atoms. The van der Waals surface area contributed by atoms with Crippen LogP contribution in [0.25, 0.3) is 10.8 Å². The molecule has 0 aromatic heterocycles. The maximum atomic E-state index is 14.6. The molecule has 152 valence electrons. The number of methoxy groups -OCH3 is 1. The largest absolute Gasteiger partial charge is 0.504 e. The molecule has 0 saturated carbocycles. The van der Waals surface area contributed by atoms with Crippen LogP contribution < -0.4 is 4.74 Å². The number of fused-ring (bicyclic) bond motifs is 1. The van der Waals surface area contributed by atoms with Gasteiger partial charge in [-0.25, -0.2) is 0 Å². The first-order chi connectivity index (χ1) is 13.2. The highest BCUT2D eigenvalue weighted by Gasteiger charge is 2.41. The van der Waals surface area contributed by atoms with E-state index in [-0.39, 0.29) is 12.5 Å². The van der Waals surface area contributed by atoms with E-state index in [9.17, 15) is 9.50 Å². The van der Waals surface area contributed by atoms with Gasteiger partial charge < -0.3 is 14.6 Å². The number of phenols is 1. The Balaban J connectivity index is 2.67. The Bertz CT molecular complexity index is 872. The molecule has 2 aromatic rings. The van der Waals surface area contributed by atoms with Crippen LogP contribution in [0.3, 0.4) is 0 Å². The Hall–Kier alpha value is -2.03. The van der Waals surface area contributed by atoms with Gasteiger partial charge >= 0.3 is 0 Å². The van der Waals surface area contributed by atoms with Crippen LogP contribution in [0.4, 0.5) is 4.39 Å². The lowest BCUT2D eigenvalue weighted by Gasteiger charge is -2.38. The fraction of sp³-hybridized carbons (Fsp3) is 0.478. The van der Waals surface area contributed by atoms with Gasteiger partial charge in [-0.15, -0.1) is 5.54 Å². The average molecular weight is 403 g/mol. The van der Waals surface area contributed by atoms with Crippen LogP contribution in [0.5, 0.6) is 11.5 Å². The highest BCUT2D eigenvalue weighted by atomic mass is 28.3. The summed E-state index contributed by atoms with van der Waals surface area (Å²) in [5.41, 5.74) is 5.77. The molecule has 0 unspecified atom stereocenters. The van der Waals surface area contributed by atoms with Gasteiger partial charge in [0.15, 0.2) is 18.3 Å². The molecule has 0 saturated heterocycles. The van der Waals surface area contributed by atoms with E-state index >= 15 is 0 Å². The third-order valence-electron chi connectivity index (χ3n) is 5.66. The predicted molar refractivity (Wildman–Crippen MR) is 116 cm³/mol. The normalized spacial score (nSPS) is 12.0. The molecule has 0 spiro atoms. The second-order valence-electron chi connectivity index (χ2n) is 8.14. The van der Waals surface area contributed by atoms with Gasteiger partial charge in [-0.1, -0.05) is 59.6 Å². The van der Waals surface area contributed by atoms with Crippen LogP contribution in [0.15, 0.2) is 24.3 Å². The summed E-state index contributed by atoms with van der Waals surface area (Å²) in [6, 6.07) is 7.10. The van der Waals surface area contributed by atoms with E-state index in [0.29, 0.717) is 33.0 Å². The predicted octanol–water partition coefficient (Wildman–Crippen LogP) is 6.24. The Kier molecular flexibility index (Phi) is 7.14. The Morgan fingerprint density at radius 2 is 1.68 bits per heavy atom. The molecule has 0 fully saturated rings. The molecule has 2 rings (SSSR count). The number of hydrogen-bond donors (Lipinski definition) is 1. The fourth-order valence-corrected chi connectivity index (χ4v) is 9.54. The third kappa shape index (κ3) is 4.04. The minimum absolute atomic E-state index is 0.0350. The first-order valence-corrected chi connectivity index (χ1v) is 12.0. The van der Waals surface area contributed by atoms with Crippen molar-refractivity contribution in [3.8, 4) is 23.0 Å². The molecule has 0 radical (unpaired) electrons. The zero-order valence-corrected chi connectivity index (χ0v) is 18.9. The summed E-state index contributed by atoms with van der Waals surface area (Å²) in [6.45, 7) is 13.4. The molecule has 0 aliphatic carbocycles. The summed E-state index contributed by atoms with van der Waals surface area (Å²) < 4.78 is 24.7. The van der Waals surface area contributed by atoms with Crippen LogP contribution in [0.2, 0.25) is 16.6 Å². The molecule has 3 nitrogen and oxygen atoms in total. The number of halogens is 1. The van der Waals surface area contributed by atoms with E-state index in [0.717, 1.165) is 0 Å². The lowest BCUT2D eigenvalue weighted by molar-refractivity contribution is 0.0481. The Morgan fingerprint density at radius 1 is 1.07 bits per heavy atom. The maximum absolute atomic E-state index is 14.6. The molecule has 0 atom stereocenters. The first-order valence-electron chi connectivity index (χ1n) is 9.75. The van der Waals surface area contributed by atoms with Crippen molar-refractivity contribution in [1.29, 1.82) is 0 Å². The number of phenolic OH excluding ortho intramolecular Hbond substituents is 1. The van der Waals surface area contributed by atoms with Gasteiger partial charge in [0.2, 0.25) is 5.82 Å². The van der Waals surface area contributed by atoms with E-state index in [1.54, 1.807) is 6.07 Å². The summed E-state index contributed by atoms with van der Waals surface area (Å²) in [5.74, 6) is 2.06. The smallest absolute Gasteiger partial charge is 0.207 e. The standard InChI is InChI=1S/C23H31FO3Si/c1-15(2)28(16(3)4,17(5)6)12-11-18-9-8-10-19-13-20(27-14-26-7)22(24)23(25)21(18)19/h8-10,13,15-17,25H,14H2,1-7H3. The third-order valence-corrected chi connectivity index (χ3v) is 11.9. The number of benzene rings is 2. The van der Waals surface area contributed by atoms with Crippen molar-refractivity contribution in [2.75, 3.05) is 13.9 Å². The van der Waals surface area contributed by atoms with Crippen LogP contribution in [0.1, 0.15) is 47.1 Å². The van der Waals surface area contributed by atoms with Crippen LogP contribution in [-0.4, -0.2) is 27.1 Å². The first kappa shape index (κ1) is 22.3. The fourth-order valence-electron chi connectivity index (χ4n) is 4.33. The SMILES string of the molecule is COCOc1cc2cccc(C#C[Si](C(C)C)(C(C)C)C(C)C)c2c(O)c1F. The van der Waals surface area contributed by atoms with Gasteiger partial charge in [-0.3, -0.25) is 0 Å². The van der Waals surface area contributed by atoms with E-state index in [1.165, 1.54) is 7.11 Å². The van der Waals surface area contributed by atoms with Crippen LogP contribution in [0, 0.1) is 17.3 Å². The number of hydrogen-bond acceptors (Lipinski definition) is 3. The highest BCUT2D eigenvalue weighted by Crippen LogP contribution is 2.41. The van der Waals surface area contributed by atoms with Crippen molar-refractivity contribution in [3.63, 3.8) is 0 Å². The van der Waals surface area contributed by atoms with Crippen LogP contribution in [-0.2, 0) is 4.74 Å². The monoisotopic (exact) mass is 402 g/mol. The highest BCUT2D eigenvalue weighted by molar-refractivity contribution is 6.90. The second-order valence-corrected chi connectivity index (χ2v) is 13.7. The number of aromatic hydroxyl groups is 1. The van der Waals surface area contributed by atoms with E-state index in [4.69, 9.17) is 9.47 Å². The van der Waals surface area contributed by atoms with E-state index in [2.05, 4.69) is 53.0 Å². The van der Waals surface area contributed by atoms with Gasteiger partial charge in [0.05, 0.1) is 0 Å². The molecule has 0 aliphatic heterocycles.